The molecular weight excluding hydrogens is 526 g/mol. The van der Waals surface area contributed by atoms with Crippen LogP contribution in [0, 0.1) is 0 Å². The maximum absolute atomic E-state index is 13.1. The van der Waals surface area contributed by atoms with Gasteiger partial charge in [0.1, 0.15) is 11.6 Å². The molecule has 41 heavy (non-hydrogen) atoms. The third-order valence-corrected chi connectivity index (χ3v) is 6.61. The Morgan fingerprint density at radius 2 is 1.68 bits per heavy atom. The van der Waals surface area contributed by atoms with E-state index < -0.39 is 11.9 Å². The Morgan fingerprint density at radius 1 is 0.927 bits per heavy atom. The number of carbonyl (C=O) groups excluding carboxylic acids is 3. The van der Waals surface area contributed by atoms with E-state index in [1.165, 1.54) is 0 Å². The molecule has 0 radical (unpaired) electrons. The number of rotatable bonds is 10. The second kappa shape index (κ2) is 11.3. The van der Waals surface area contributed by atoms with Crippen LogP contribution in [0.4, 0.5) is 5.69 Å². The molecule has 6 N–H and O–H groups in total. The predicted molar refractivity (Wildman–Crippen MR) is 152 cm³/mol. The van der Waals surface area contributed by atoms with Crippen LogP contribution in [0.25, 0.3) is 22.1 Å². The molecule has 0 atom stereocenters. The molecular formula is C29H27N7O5. The maximum Gasteiger partial charge on any atom is 0.303 e. The van der Waals surface area contributed by atoms with Gasteiger partial charge in [0, 0.05) is 42.4 Å². The predicted octanol–water partition coefficient (Wildman–Crippen LogP) is 2.99. The Bertz CT molecular complexity index is 1820. The molecule has 0 aliphatic heterocycles. The molecule has 0 aliphatic carbocycles. The number of aromatic amines is 1. The van der Waals surface area contributed by atoms with Gasteiger partial charge in [0.25, 0.3) is 11.8 Å². The SMILES string of the molecule is Cn1c(Cc2nc3ccc(C(N)=O)cc3[nH]2)nc2ccc(C(=O)Nc3cccc(C(=O)NCCCC(=O)O)c3)cc21. The number of imidazole rings is 2. The molecule has 0 saturated carbocycles. The number of amides is 3. The Labute approximate surface area is 233 Å². The largest absolute Gasteiger partial charge is 0.481 e. The summed E-state index contributed by atoms with van der Waals surface area (Å²) >= 11 is 0. The highest BCUT2D eigenvalue weighted by Gasteiger charge is 2.15. The average Bonchev–Trinajstić information content (AvgIpc) is 3.50. The van der Waals surface area contributed by atoms with E-state index in [9.17, 15) is 19.2 Å². The van der Waals surface area contributed by atoms with E-state index in [0.29, 0.717) is 57.6 Å². The number of carboxylic acid groups (broad SMARTS) is 1. The normalized spacial score (nSPS) is 11.0. The van der Waals surface area contributed by atoms with Crippen LogP contribution in [0.1, 0.15) is 55.6 Å². The summed E-state index contributed by atoms with van der Waals surface area (Å²) in [5.74, 6) is -0.736. The summed E-state index contributed by atoms with van der Waals surface area (Å²) < 4.78 is 1.89. The lowest BCUT2D eigenvalue weighted by atomic mass is 10.1. The summed E-state index contributed by atoms with van der Waals surface area (Å²) in [4.78, 5) is 60.1. The standard InChI is InChI=1S/C29H27N7O5/c1-36-23-14-18(29(41)32-19-5-2-4-17(12-19)28(40)31-11-3-6-26(37)38)8-10-21(23)35-25(36)15-24-33-20-9-7-16(27(30)39)13-22(20)34-24/h2,4-5,7-10,12-14H,3,6,11,15H2,1H3,(H2,30,39)(H,31,40)(H,32,41)(H,33,34)(H,37,38). The highest BCUT2D eigenvalue weighted by atomic mass is 16.4. The van der Waals surface area contributed by atoms with Crippen molar-refractivity contribution in [3.63, 3.8) is 0 Å². The minimum Gasteiger partial charge on any atom is -0.481 e. The molecule has 3 amide bonds. The van der Waals surface area contributed by atoms with Crippen molar-refractivity contribution in [2.45, 2.75) is 19.3 Å². The number of aromatic nitrogens is 4. The van der Waals surface area contributed by atoms with Gasteiger partial charge in [-0.05, 0) is 61.0 Å². The fourth-order valence-electron chi connectivity index (χ4n) is 4.47. The van der Waals surface area contributed by atoms with Crippen molar-refractivity contribution in [1.82, 2.24) is 24.8 Å². The number of primary amides is 1. The van der Waals surface area contributed by atoms with Crippen LogP contribution in [0.5, 0.6) is 0 Å². The fraction of sp³-hybridized carbons (Fsp3) is 0.172. The van der Waals surface area contributed by atoms with Gasteiger partial charge in [-0.15, -0.1) is 0 Å². The van der Waals surface area contributed by atoms with Gasteiger partial charge in [0.15, 0.2) is 0 Å². The lowest BCUT2D eigenvalue weighted by Crippen LogP contribution is -2.25. The summed E-state index contributed by atoms with van der Waals surface area (Å²) in [6, 6.07) is 16.7. The topological polar surface area (TPSA) is 185 Å². The lowest BCUT2D eigenvalue weighted by Gasteiger charge is -2.09. The summed E-state index contributed by atoms with van der Waals surface area (Å²) in [5.41, 5.74) is 9.87. The summed E-state index contributed by atoms with van der Waals surface area (Å²) in [6.45, 7) is 0.237. The Morgan fingerprint density at radius 3 is 2.46 bits per heavy atom. The number of fused-ring (bicyclic) bond motifs is 2. The van der Waals surface area contributed by atoms with E-state index in [1.807, 2.05) is 11.6 Å². The second-order valence-electron chi connectivity index (χ2n) is 9.54. The molecule has 2 heterocycles. The molecule has 5 rings (SSSR count). The molecule has 0 aliphatic rings. The molecule has 2 aromatic heterocycles. The van der Waals surface area contributed by atoms with Crippen LogP contribution >= 0.6 is 0 Å². The highest BCUT2D eigenvalue weighted by molar-refractivity contribution is 6.06. The quantitative estimate of drug-likeness (QED) is 0.165. The van der Waals surface area contributed by atoms with Crippen LogP contribution in [0.3, 0.4) is 0 Å². The molecule has 0 spiro atoms. The third-order valence-electron chi connectivity index (χ3n) is 6.61. The van der Waals surface area contributed by atoms with E-state index in [1.54, 1.807) is 60.7 Å². The van der Waals surface area contributed by atoms with Crippen LogP contribution in [-0.4, -0.2) is 54.9 Å². The van der Waals surface area contributed by atoms with Crippen molar-refractivity contribution in [1.29, 1.82) is 0 Å². The van der Waals surface area contributed by atoms with Crippen molar-refractivity contribution < 1.29 is 24.3 Å². The number of nitrogens with one attached hydrogen (secondary N) is 3. The van der Waals surface area contributed by atoms with E-state index in [4.69, 9.17) is 15.8 Å². The molecule has 3 aromatic carbocycles. The molecule has 208 valence electrons. The fourth-order valence-corrected chi connectivity index (χ4v) is 4.47. The number of carboxylic acids is 1. The molecule has 0 bridgehead atoms. The minimum atomic E-state index is -0.919. The van der Waals surface area contributed by atoms with Gasteiger partial charge in [0.2, 0.25) is 5.91 Å². The maximum atomic E-state index is 13.1. The van der Waals surface area contributed by atoms with Crippen LogP contribution < -0.4 is 16.4 Å². The Kier molecular flexibility index (Phi) is 7.46. The number of aliphatic carboxylic acids is 1. The van der Waals surface area contributed by atoms with Crippen molar-refractivity contribution in [3.05, 3.63) is 89.0 Å². The first-order chi connectivity index (χ1) is 19.7. The zero-order valence-electron chi connectivity index (χ0n) is 22.1. The molecule has 12 nitrogen and oxygen atoms in total. The van der Waals surface area contributed by atoms with Crippen molar-refractivity contribution in [3.8, 4) is 0 Å². The molecule has 0 fully saturated rings. The van der Waals surface area contributed by atoms with Crippen LogP contribution in [0.2, 0.25) is 0 Å². The minimum absolute atomic E-state index is 0.0298. The first-order valence-electron chi connectivity index (χ1n) is 12.8. The number of hydrogen-bond acceptors (Lipinski definition) is 6. The number of H-pyrrole nitrogens is 1. The van der Waals surface area contributed by atoms with Gasteiger partial charge in [-0.1, -0.05) is 6.07 Å². The van der Waals surface area contributed by atoms with Gasteiger partial charge < -0.3 is 31.0 Å². The average molecular weight is 554 g/mol. The van der Waals surface area contributed by atoms with Crippen molar-refractivity contribution in [2.24, 2.45) is 12.8 Å². The van der Waals surface area contributed by atoms with Crippen LogP contribution in [0.15, 0.2) is 60.7 Å². The molecule has 5 aromatic rings. The van der Waals surface area contributed by atoms with E-state index >= 15 is 0 Å². The summed E-state index contributed by atoms with van der Waals surface area (Å²) in [6.07, 6.45) is 0.697. The van der Waals surface area contributed by atoms with E-state index in [0.717, 1.165) is 11.3 Å². The van der Waals surface area contributed by atoms with E-state index in [2.05, 4.69) is 20.6 Å². The van der Waals surface area contributed by atoms with Crippen molar-refractivity contribution in [2.75, 3.05) is 11.9 Å². The highest BCUT2D eigenvalue weighted by Crippen LogP contribution is 2.21. The van der Waals surface area contributed by atoms with E-state index in [-0.39, 0.29) is 24.8 Å². The molecule has 12 heteroatoms. The zero-order chi connectivity index (χ0) is 29.1. The number of nitrogens with zero attached hydrogens (tertiary/aromatic N) is 3. The zero-order valence-corrected chi connectivity index (χ0v) is 22.1. The number of hydrogen-bond donors (Lipinski definition) is 5. The number of anilines is 1. The molecule has 0 unspecified atom stereocenters. The van der Waals surface area contributed by atoms with Crippen LogP contribution in [-0.2, 0) is 18.3 Å². The number of carbonyl (C=O) groups is 4. The van der Waals surface area contributed by atoms with Gasteiger partial charge >= 0.3 is 5.97 Å². The number of nitrogens with two attached hydrogens (primary N) is 1. The van der Waals surface area contributed by atoms with Gasteiger partial charge in [-0.25, -0.2) is 9.97 Å². The lowest BCUT2D eigenvalue weighted by molar-refractivity contribution is -0.137. The Balaban J connectivity index is 1.29. The van der Waals surface area contributed by atoms with Gasteiger partial charge in [-0.2, -0.15) is 0 Å². The smallest absolute Gasteiger partial charge is 0.303 e. The number of benzene rings is 3. The first-order valence-corrected chi connectivity index (χ1v) is 12.8. The second-order valence-corrected chi connectivity index (χ2v) is 9.54. The number of aryl methyl sites for hydroxylation is 1. The monoisotopic (exact) mass is 553 g/mol. The third kappa shape index (κ3) is 6.06. The van der Waals surface area contributed by atoms with Gasteiger partial charge in [0.05, 0.1) is 28.5 Å². The summed E-state index contributed by atoms with van der Waals surface area (Å²) in [7, 11) is 1.86. The van der Waals surface area contributed by atoms with Crippen molar-refractivity contribution >= 4 is 51.4 Å². The van der Waals surface area contributed by atoms with Gasteiger partial charge in [-0.3, -0.25) is 19.2 Å². The molecule has 0 saturated heterocycles. The summed E-state index contributed by atoms with van der Waals surface area (Å²) in [5, 5.41) is 14.2. The first kappa shape index (κ1) is 27.1. The Hall–Kier alpha value is -5.52.